The molecule has 2 amide bonds. The first-order valence-corrected chi connectivity index (χ1v) is 15.5. The maximum Gasteiger partial charge on any atom is 0.408 e. The lowest BCUT2D eigenvalue weighted by Gasteiger charge is -2.36. The highest BCUT2D eigenvalue weighted by atomic mass is 16.6. The number of para-hydroxylation sites is 1. The molecule has 9 nitrogen and oxygen atoms in total. The Kier molecular flexibility index (Phi) is 11.6. The van der Waals surface area contributed by atoms with Gasteiger partial charge in [0, 0.05) is 18.8 Å². The Balaban J connectivity index is 0.00000220. The monoisotopic (exact) mass is 597 g/mol. The van der Waals surface area contributed by atoms with Gasteiger partial charge in [-0.1, -0.05) is 51.0 Å². The highest BCUT2D eigenvalue weighted by Gasteiger charge is 2.53. The minimum atomic E-state index is -0.848. The van der Waals surface area contributed by atoms with Crippen LogP contribution >= 0.6 is 0 Å². The van der Waals surface area contributed by atoms with Gasteiger partial charge in [-0.25, -0.2) is 14.6 Å². The Bertz CT molecular complexity index is 1310. The van der Waals surface area contributed by atoms with Crippen molar-refractivity contribution in [2.24, 2.45) is 0 Å². The van der Waals surface area contributed by atoms with E-state index in [-0.39, 0.29) is 13.9 Å². The van der Waals surface area contributed by atoms with Crippen LogP contribution in [0.4, 0.5) is 4.79 Å². The second kappa shape index (κ2) is 14.7. The Morgan fingerprint density at radius 2 is 1.95 bits per heavy atom. The number of nitrogens with one attached hydrogen (secondary N) is 1. The first kappa shape index (κ1) is 33.9. The molecule has 1 spiro atoms. The number of unbranched alkanes of at least 4 members (excludes halogenated alkanes) is 3. The van der Waals surface area contributed by atoms with Crippen molar-refractivity contribution in [3.05, 3.63) is 48.2 Å². The van der Waals surface area contributed by atoms with E-state index in [0.29, 0.717) is 19.3 Å². The third kappa shape index (κ3) is 8.27. The number of rotatable bonds is 9. The lowest BCUT2D eigenvalue weighted by molar-refractivity contribution is -0.151. The molecule has 2 aliphatic heterocycles. The molecule has 4 rings (SSSR count). The summed E-state index contributed by atoms with van der Waals surface area (Å²) in [5.74, 6) is -0.117. The van der Waals surface area contributed by atoms with E-state index in [4.69, 9.17) is 19.2 Å². The molecule has 238 valence electrons. The number of aromatic nitrogens is 1. The summed E-state index contributed by atoms with van der Waals surface area (Å²) in [4.78, 5) is 46.1. The molecule has 0 saturated carbocycles. The summed E-state index contributed by atoms with van der Waals surface area (Å²) in [5, 5.41) is 3.83. The molecule has 2 aliphatic rings. The van der Waals surface area contributed by atoms with Crippen LogP contribution in [0.1, 0.15) is 92.2 Å². The van der Waals surface area contributed by atoms with Crippen LogP contribution in [0.15, 0.2) is 36.9 Å². The molecule has 3 heterocycles. The maximum atomic E-state index is 14.1. The van der Waals surface area contributed by atoms with Crippen LogP contribution in [0, 0.1) is 6.92 Å². The molecule has 0 unspecified atom stereocenters. The number of pyridine rings is 1. The SMILES string of the molecule is C=CCCCCC[C@H](NC(=O)OC(C)(C)C)C(=O)N1C[C@@]2(CCc3c(c(C)nc4ccccc34)O2)C[C@H]1C(=O)OC.CC.[HH]. The lowest BCUT2D eigenvalue weighted by atomic mass is 9.87. The number of methoxy groups -OCH3 is 1. The van der Waals surface area contributed by atoms with Crippen LogP contribution in [0.2, 0.25) is 0 Å². The average Bonchev–Trinajstić information content (AvgIpc) is 3.34. The summed E-state index contributed by atoms with van der Waals surface area (Å²) < 4.78 is 17.3. The van der Waals surface area contributed by atoms with E-state index < -0.39 is 35.3 Å². The van der Waals surface area contributed by atoms with Gasteiger partial charge >= 0.3 is 12.1 Å². The Morgan fingerprint density at radius 3 is 2.63 bits per heavy atom. The molecule has 9 heteroatoms. The standard InChI is InChI=1S/C32H43N3O6.C2H6.H2/c1-7-8-9-10-11-16-25(34-30(38)41-31(3,4)5)28(36)35-20-32(19-26(35)29(37)39-6)18-17-23-22-14-12-13-15-24(22)33-21(2)27(23)40-32;1-2;/h7,12-15,25-26H,1,8-11,16-20H2,2-6H3,(H,34,38);1-2H3;1H/t25-,26-,32+;;/m0../s1. The Labute approximate surface area is 257 Å². The molecule has 0 bridgehead atoms. The van der Waals surface area contributed by atoms with Crippen molar-refractivity contribution < 1.29 is 30.0 Å². The Hall–Kier alpha value is -3.62. The van der Waals surface area contributed by atoms with E-state index in [1.54, 1.807) is 20.8 Å². The quantitative estimate of drug-likeness (QED) is 0.195. The van der Waals surface area contributed by atoms with E-state index in [1.807, 2.05) is 51.1 Å². The number of fused-ring (bicyclic) bond motifs is 3. The van der Waals surface area contributed by atoms with E-state index >= 15 is 0 Å². The molecule has 0 radical (unpaired) electrons. The van der Waals surface area contributed by atoms with Crippen molar-refractivity contribution in [1.29, 1.82) is 0 Å². The molecule has 1 fully saturated rings. The van der Waals surface area contributed by atoms with E-state index in [2.05, 4.69) is 11.9 Å². The fourth-order valence-corrected chi connectivity index (χ4v) is 5.90. The second-order valence-electron chi connectivity index (χ2n) is 12.1. The third-order valence-corrected chi connectivity index (χ3v) is 7.82. The number of esters is 1. The van der Waals surface area contributed by atoms with Gasteiger partial charge in [0.25, 0.3) is 0 Å². The van der Waals surface area contributed by atoms with Gasteiger partial charge in [-0.05, 0) is 65.9 Å². The van der Waals surface area contributed by atoms with Gasteiger partial charge in [0.2, 0.25) is 5.91 Å². The van der Waals surface area contributed by atoms with Gasteiger partial charge in [0.15, 0.2) is 0 Å². The second-order valence-corrected chi connectivity index (χ2v) is 12.1. The number of amides is 2. The minimum Gasteiger partial charge on any atom is -0.483 e. The van der Waals surface area contributed by atoms with E-state index in [0.717, 1.165) is 60.0 Å². The summed E-state index contributed by atoms with van der Waals surface area (Å²) in [5.41, 5.74) is 1.32. The van der Waals surface area contributed by atoms with Crippen LogP contribution in [-0.2, 0) is 25.5 Å². The van der Waals surface area contributed by atoms with Crippen LogP contribution in [0.3, 0.4) is 0 Å². The van der Waals surface area contributed by atoms with E-state index in [9.17, 15) is 14.4 Å². The summed E-state index contributed by atoms with van der Waals surface area (Å²) in [7, 11) is 1.32. The first-order valence-electron chi connectivity index (χ1n) is 15.5. The molecular weight excluding hydrogens is 546 g/mol. The zero-order valence-electron chi connectivity index (χ0n) is 27.0. The van der Waals surface area contributed by atoms with Crippen LogP contribution in [0.25, 0.3) is 10.9 Å². The van der Waals surface area contributed by atoms with Crippen molar-refractivity contribution >= 4 is 28.9 Å². The smallest absolute Gasteiger partial charge is 0.408 e. The zero-order chi connectivity index (χ0) is 31.8. The summed E-state index contributed by atoms with van der Waals surface area (Å²) >= 11 is 0. The maximum absolute atomic E-state index is 14.1. The summed E-state index contributed by atoms with van der Waals surface area (Å²) in [6.07, 6.45) is 6.75. The number of alkyl carbamates (subject to hydrolysis) is 1. The molecule has 1 saturated heterocycles. The highest BCUT2D eigenvalue weighted by Crippen LogP contribution is 2.44. The normalized spacial score (nSPS) is 19.9. The van der Waals surface area contributed by atoms with Crippen molar-refractivity contribution in [1.82, 2.24) is 15.2 Å². The number of hydrogen-bond donors (Lipinski definition) is 1. The molecule has 0 aliphatic carbocycles. The Morgan fingerprint density at radius 1 is 1.23 bits per heavy atom. The topological polar surface area (TPSA) is 107 Å². The fraction of sp³-hybridized carbons (Fsp3) is 0.588. The van der Waals surface area contributed by atoms with Gasteiger partial charge < -0.3 is 24.4 Å². The van der Waals surface area contributed by atoms with Gasteiger partial charge in [-0.15, -0.1) is 6.58 Å². The van der Waals surface area contributed by atoms with Gasteiger partial charge in [0.05, 0.1) is 24.9 Å². The van der Waals surface area contributed by atoms with Crippen LogP contribution in [-0.4, -0.2) is 64.8 Å². The predicted octanol–water partition coefficient (Wildman–Crippen LogP) is 6.68. The number of allylic oxidation sites excluding steroid dienone is 1. The largest absolute Gasteiger partial charge is 0.483 e. The molecule has 1 aromatic carbocycles. The minimum absolute atomic E-state index is 0. The summed E-state index contributed by atoms with van der Waals surface area (Å²) in [6.45, 7) is 15.2. The van der Waals surface area contributed by atoms with Crippen molar-refractivity contribution in [3.8, 4) is 5.75 Å². The van der Waals surface area contributed by atoms with Gasteiger partial charge in [-0.2, -0.15) is 0 Å². The zero-order valence-corrected chi connectivity index (χ0v) is 27.0. The number of aryl methyl sites for hydroxylation is 2. The number of carbonyl (C=O) groups excluding carboxylic acids is 3. The average molecular weight is 598 g/mol. The van der Waals surface area contributed by atoms with Crippen LogP contribution < -0.4 is 10.1 Å². The number of nitrogens with zero attached hydrogens (tertiary/aromatic N) is 2. The molecule has 43 heavy (non-hydrogen) atoms. The van der Waals surface area contributed by atoms with Crippen molar-refractivity contribution in [2.45, 2.75) is 116 Å². The number of carbonyl (C=O) groups is 3. The molecule has 1 N–H and O–H groups in total. The predicted molar refractivity (Wildman–Crippen MR) is 170 cm³/mol. The van der Waals surface area contributed by atoms with Gasteiger partial charge in [-0.3, -0.25) is 4.79 Å². The molecule has 2 aromatic rings. The molecule has 1 aromatic heterocycles. The van der Waals surface area contributed by atoms with E-state index in [1.165, 1.54) is 12.0 Å². The number of benzene rings is 1. The molecular formula is C34H51N3O6. The fourth-order valence-electron chi connectivity index (χ4n) is 5.90. The van der Waals surface area contributed by atoms with Crippen molar-refractivity contribution in [3.63, 3.8) is 0 Å². The highest BCUT2D eigenvalue weighted by molar-refractivity contribution is 5.91. The number of ether oxygens (including phenoxy) is 3. The first-order chi connectivity index (χ1) is 20.5. The van der Waals surface area contributed by atoms with Crippen LogP contribution in [0.5, 0.6) is 5.75 Å². The van der Waals surface area contributed by atoms with Gasteiger partial charge in [0.1, 0.15) is 29.0 Å². The molecule has 3 atom stereocenters. The lowest BCUT2D eigenvalue weighted by Crippen LogP contribution is -2.53. The third-order valence-electron chi connectivity index (χ3n) is 7.82. The number of likely N-dealkylation sites (tertiary alicyclic amines) is 1. The summed E-state index contributed by atoms with van der Waals surface area (Å²) in [6, 6.07) is 6.32. The number of hydrogen-bond acceptors (Lipinski definition) is 7. The van der Waals surface area contributed by atoms with Crippen molar-refractivity contribution in [2.75, 3.05) is 13.7 Å².